The molecular weight excluding hydrogens is 281 g/mol. The van der Waals surface area contributed by atoms with Gasteiger partial charge in [-0.05, 0) is 35.9 Å². The number of rotatable bonds is 5. The highest BCUT2D eigenvalue weighted by Gasteiger charge is 2.03. The summed E-state index contributed by atoms with van der Waals surface area (Å²) in [5.41, 5.74) is 7.11. The van der Waals surface area contributed by atoms with Crippen molar-refractivity contribution in [3.8, 4) is 0 Å². The quantitative estimate of drug-likeness (QED) is 0.658. The lowest BCUT2D eigenvalue weighted by Gasteiger charge is -2.00. The molecule has 22 heavy (non-hydrogen) atoms. The maximum Gasteiger partial charge on any atom is 0.252 e. The molecule has 0 aliphatic heterocycles. The molecule has 2 aromatic carbocycles. The molecule has 2 rings (SSSR count). The lowest BCUT2D eigenvalue weighted by atomic mass is 10.1. The molecule has 0 radical (unpaired) electrons. The van der Waals surface area contributed by atoms with Crippen LogP contribution in [0.4, 0.5) is 10.1 Å². The van der Waals surface area contributed by atoms with E-state index in [2.05, 4.69) is 10.3 Å². The van der Waals surface area contributed by atoms with Gasteiger partial charge in [-0.2, -0.15) is 4.99 Å². The molecule has 0 fully saturated rings. The standard InChI is InChI=1S/C17H16FN3O/c18-14-6-4-5-13(11-14)12-17(22)21-16(19)9-10-20-15-7-2-1-3-8-15/h1-11,20H,12H2,(H2,19,21,22)/b10-9-. The van der Waals surface area contributed by atoms with Crippen molar-refractivity contribution in [2.24, 2.45) is 10.7 Å². The van der Waals surface area contributed by atoms with Crippen molar-refractivity contribution in [1.82, 2.24) is 0 Å². The summed E-state index contributed by atoms with van der Waals surface area (Å²) in [7, 11) is 0. The van der Waals surface area contributed by atoms with Crippen LogP contribution < -0.4 is 11.1 Å². The average molecular weight is 297 g/mol. The molecular formula is C17H16FN3O. The van der Waals surface area contributed by atoms with Gasteiger partial charge in [0, 0.05) is 11.9 Å². The van der Waals surface area contributed by atoms with Crippen LogP contribution in [0.15, 0.2) is 71.9 Å². The number of amidine groups is 1. The monoisotopic (exact) mass is 297 g/mol. The SMILES string of the molecule is NC(/C=C\Nc1ccccc1)=NC(=O)Cc1cccc(F)c1. The van der Waals surface area contributed by atoms with Crippen molar-refractivity contribution in [3.63, 3.8) is 0 Å². The van der Waals surface area contributed by atoms with Gasteiger partial charge in [-0.1, -0.05) is 30.3 Å². The van der Waals surface area contributed by atoms with Crippen LogP contribution in [0, 0.1) is 5.82 Å². The van der Waals surface area contributed by atoms with Gasteiger partial charge in [-0.3, -0.25) is 4.79 Å². The third-order valence-corrected chi connectivity index (χ3v) is 2.78. The zero-order valence-electron chi connectivity index (χ0n) is 11.9. The van der Waals surface area contributed by atoms with Crippen LogP contribution >= 0.6 is 0 Å². The first kappa shape index (κ1) is 15.4. The van der Waals surface area contributed by atoms with Crippen molar-refractivity contribution in [1.29, 1.82) is 0 Å². The number of hydrogen-bond donors (Lipinski definition) is 2. The highest BCUT2D eigenvalue weighted by molar-refractivity contribution is 6.00. The summed E-state index contributed by atoms with van der Waals surface area (Å²) >= 11 is 0. The molecule has 0 saturated heterocycles. The minimum absolute atomic E-state index is 0.0123. The predicted molar refractivity (Wildman–Crippen MR) is 85.9 cm³/mol. The summed E-state index contributed by atoms with van der Waals surface area (Å²) in [4.78, 5) is 15.5. The van der Waals surface area contributed by atoms with E-state index < -0.39 is 5.91 Å². The molecule has 0 aliphatic rings. The van der Waals surface area contributed by atoms with Gasteiger partial charge in [0.2, 0.25) is 0 Å². The van der Waals surface area contributed by atoms with Gasteiger partial charge in [-0.25, -0.2) is 4.39 Å². The van der Waals surface area contributed by atoms with E-state index in [9.17, 15) is 9.18 Å². The van der Waals surface area contributed by atoms with Crippen molar-refractivity contribution in [2.75, 3.05) is 5.32 Å². The molecule has 1 amide bonds. The third-order valence-electron chi connectivity index (χ3n) is 2.78. The van der Waals surface area contributed by atoms with Crippen LogP contribution in [0.1, 0.15) is 5.56 Å². The second kappa shape index (κ2) is 7.73. The fraction of sp³-hybridized carbons (Fsp3) is 0.0588. The van der Waals surface area contributed by atoms with Crippen LogP contribution in [-0.4, -0.2) is 11.7 Å². The van der Waals surface area contributed by atoms with E-state index in [1.165, 1.54) is 18.2 Å². The minimum Gasteiger partial charge on any atom is -0.384 e. The Morgan fingerprint density at radius 2 is 1.95 bits per heavy atom. The molecule has 4 nitrogen and oxygen atoms in total. The van der Waals surface area contributed by atoms with Gasteiger partial charge in [0.05, 0.1) is 6.42 Å². The molecule has 0 atom stereocenters. The molecule has 0 unspecified atom stereocenters. The summed E-state index contributed by atoms with van der Waals surface area (Å²) in [5.74, 6) is -0.716. The van der Waals surface area contributed by atoms with Gasteiger partial charge in [-0.15, -0.1) is 0 Å². The van der Waals surface area contributed by atoms with Gasteiger partial charge in [0.15, 0.2) is 0 Å². The Hall–Kier alpha value is -2.95. The zero-order valence-corrected chi connectivity index (χ0v) is 11.9. The Kier molecular flexibility index (Phi) is 5.43. The molecule has 0 aromatic heterocycles. The summed E-state index contributed by atoms with van der Waals surface area (Å²) in [6.07, 6.45) is 3.11. The zero-order chi connectivity index (χ0) is 15.8. The first-order valence-corrected chi connectivity index (χ1v) is 6.73. The van der Waals surface area contributed by atoms with Crippen LogP contribution in [0.3, 0.4) is 0 Å². The maximum atomic E-state index is 13.0. The Labute approximate surface area is 128 Å². The number of halogens is 1. The second-order valence-corrected chi connectivity index (χ2v) is 4.58. The highest BCUT2D eigenvalue weighted by atomic mass is 19.1. The first-order valence-electron chi connectivity index (χ1n) is 6.73. The molecule has 0 saturated carbocycles. The Morgan fingerprint density at radius 3 is 2.68 bits per heavy atom. The molecule has 0 aliphatic carbocycles. The number of benzene rings is 2. The number of aliphatic imine (C=N–C) groups is 1. The van der Waals surface area contributed by atoms with E-state index in [1.807, 2.05) is 30.3 Å². The highest BCUT2D eigenvalue weighted by Crippen LogP contribution is 2.05. The lowest BCUT2D eigenvalue weighted by Crippen LogP contribution is -2.13. The lowest BCUT2D eigenvalue weighted by molar-refractivity contribution is -0.117. The Morgan fingerprint density at radius 1 is 1.18 bits per heavy atom. The summed E-state index contributed by atoms with van der Waals surface area (Å²) in [6.45, 7) is 0. The molecule has 0 spiro atoms. The van der Waals surface area contributed by atoms with Gasteiger partial charge >= 0.3 is 0 Å². The first-order chi connectivity index (χ1) is 10.6. The Bertz CT molecular complexity index is 696. The number of nitrogens with one attached hydrogen (secondary N) is 1. The van der Waals surface area contributed by atoms with Crippen LogP contribution in [-0.2, 0) is 11.2 Å². The van der Waals surface area contributed by atoms with Crippen LogP contribution in [0.2, 0.25) is 0 Å². The van der Waals surface area contributed by atoms with Gasteiger partial charge in [0.25, 0.3) is 5.91 Å². The third kappa shape index (κ3) is 5.20. The van der Waals surface area contributed by atoms with E-state index in [0.29, 0.717) is 5.56 Å². The number of nitrogens with two attached hydrogens (primary N) is 1. The van der Waals surface area contributed by atoms with Crippen molar-refractivity contribution >= 4 is 17.4 Å². The summed E-state index contributed by atoms with van der Waals surface area (Å²) < 4.78 is 13.0. The number of nitrogens with zero attached hydrogens (tertiary/aromatic N) is 1. The van der Waals surface area contributed by atoms with E-state index >= 15 is 0 Å². The number of anilines is 1. The van der Waals surface area contributed by atoms with E-state index in [0.717, 1.165) is 5.69 Å². The molecule has 0 heterocycles. The van der Waals surface area contributed by atoms with Crippen molar-refractivity contribution in [3.05, 3.63) is 78.3 Å². The predicted octanol–water partition coefficient (Wildman–Crippen LogP) is 2.88. The molecule has 112 valence electrons. The summed E-state index contributed by atoms with van der Waals surface area (Å²) in [6, 6.07) is 15.3. The normalized spacial score (nSPS) is 11.6. The topological polar surface area (TPSA) is 67.5 Å². The molecule has 2 aromatic rings. The Balaban J connectivity index is 1.89. The van der Waals surface area contributed by atoms with Gasteiger partial charge in [0.1, 0.15) is 11.7 Å². The van der Waals surface area contributed by atoms with E-state index in [-0.39, 0.29) is 18.1 Å². The van der Waals surface area contributed by atoms with Crippen molar-refractivity contribution in [2.45, 2.75) is 6.42 Å². The van der Waals surface area contributed by atoms with Gasteiger partial charge < -0.3 is 11.1 Å². The average Bonchev–Trinajstić information content (AvgIpc) is 2.48. The minimum atomic E-state index is -0.424. The number of para-hydroxylation sites is 1. The fourth-order valence-electron chi connectivity index (χ4n) is 1.80. The molecule has 0 bridgehead atoms. The number of hydrogen-bond acceptors (Lipinski definition) is 2. The largest absolute Gasteiger partial charge is 0.384 e. The van der Waals surface area contributed by atoms with Crippen LogP contribution in [0.5, 0.6) is 0 Å². The molecule has 5 heteroatoms. The smallest absolute Gasteiger partial charge is 0.252 e. The van der Waals surface area contributed by atoms with Crippen molar-refractivity contribution < 1.29 is 9.18 Å². The maximum absolute atomic E-state index is 13.0. The van der Waals surface area contributed by atoms with Crippen LogP contribution in [0.25, 0.3) is 0 Å². The fourth-order valence-corrected chi connectivity index (χ4v) is 1.80. The number of carbonyl (C=O) groups excluding carboxylic acids is 1. The van der Waals surface area contributed by atoms with E-state index in [4.69, 9.17) is 5.73 Å². The number of carbonyl (C=O) groups is 1. The van der Waals surface area contributed by atoms with E-state index in [1.54, 1.807) is 18.3 Å². The summed E-state index contributed by atoms with van der Waals surface area (Å²) in [5, 5.41) is 3.00. The second-order valence-electron chi connectivity index (χ2n) is 4.58. The molecule has 3 N–H and O–H groups in total. The number of amides is 1.